The van der Waals surface area contributed by atoms with Crippen LogP contribution in [0.2, 0.25) is 10.0 Å². The standard InChI is InChI=1S/C18H28Cl2N4.HI/c1-4-21-18(22-11-15-8-9-24(5-2)13-15)23(3)12-14-6-7-16(19)17(20)10-14;/h6-7,10,15H,4-5,8-9,11-13H2,1-3H3,(H,21,22);1H. The van der Waals surface area contributed by atoms with Gasteiger partial charge in [0.2, 0.25) is 0 Å². The molecule has 142 valence electrons. The highest BCUT2D eigenvalue weighted by Crippen LogP contribution is 2.23. The molecule has 7 heteroatoms. The SMILES string of the molecule is CCNC(=NCC1CCN(CC)C1)N(C)Cc1ccc(Cl)c(Cl)c1.I. The fourth-order valence-electron chi connectivity index (χ4n) is 3.02. The van der Waals surface area contributed by atoms with Crippen LogP contribution in [0.4, 0.5) is 0 Å². The van der Waals surface area contributed by atoms with Crippen LogP contribution < -0.4 is 5.32 Å². The van der Waals surface area contributed by atoms with Crippen molar-refractivity contribution in [3.63, 3.8) is 0 Å². The van der Waals surface area contributed by atoms with Crippen LogP contribution in [0.1, 0.15) is 25.8 Å². The molecule has 1 unspecified atom stereocenters. The third kappa shape index (κ3) is 7.12. The van der Waals surface area contributed by atoms with Gasteiger partial charge in [-0.25, -0.2) is 0 Å². The second kappa shape index (κ2) is 11.5. The minimum Gasteiger partial charge on any atom is -0.357 e. The Balaban J connectivity index is 0.00000312. The van der Waals surface area contributed by atoms with Crippen molar-refractivity contribution in [2.75, 3.05) is 39.8 Å². The third-order valence-electron chi connectivity index (χ3n) is 4.42. The molecule has 1 saturated heterocycles. The summed E-state index contributed by atoms with van der Waals surface area (Å²) in [7, 11) is 2.05. The van der Waals surface area contributed by atoms with Crippen LogP contribution in [0, 0.1) is 5.92 Å². The average molecular weight is 499 g/mol. The van der Waals surface area contributed by atoms with Crippen LogP contribution >= 0.6 is 47.2 Å². The van der Waals surface area contributed by atoms with Crippen molar-refractivity contribution in [2.45, 2.75) is 26.8 Å². The number of rotatable bonds is 6. The van der Waals surface area contributed by atoms with Gasteiger partial charge in [0.15, 0.2) is 5.96 Å². The van der Waals surface area contributed by atoms with Gasteiger partial charge < -0.3 is 15.1 Å². The van der Waals surface area contributed by atoms with Gasteiger partial charge in [-0.3, -0.25) is 4.99 Å². The van der Waals surface area contributed by atoms with Crippen molar-refractivity contribution in [3.8, 4) is 0 Å². The lowest BCUT2D eigenvalue weighted by molar-refractivity contribution is 0.343. The van der Waals surface area contributed by atoms with E-state index in [4.69, 9.17) is 28.2 Å². The Bertz CT molecular complexity index is 568. The van der Waals surface area contributed by atoms with Gasteiger partial charge in [-0.15, -0.1) is 24.0 Å². The van der Waals surface area contributed by atoms with E-state index in [0.717, 1.165) is 44.2 Å². The van der Waals surface area contributed by atoms with Gasteiger partial charge >= 0.3 is 0 Å². The van der Waals surface area contributed by atoms with Crippen LogP contribution in [-0.2, 0) is 6.54 Å². The molecule has 0 bridgehead atoms. The largest absolute Gasteiger partial charge is 0.357 e. The van der Waals surface area contributed by atoms with Gasteiger partial charge in [-0.2, -0.15) is 0 Å². The molecule has 25 heavy (non-hydrogen) atoms. The molecule has 0 aliphatic carbocycles. The van der Waals surface area contributed by atoms with Gasteiger partial charge in [0.1, 0.15) is 0 Å². The summed E-state index contributed by atoms with van der Waals surface area (Å²) in [6, 6.07) is 5.76. The molecule has 0 saturated carbocycles. The maximum absolute atomic E-state index is 6.11. The Morgan fingerprint density at radius 2 is 2.08 bits per heavy atom. The maximum atomic E-state index is 6.11. The molecular formula is C18H29Cl2IN4. The monoisotopic (exact) mass is 498 g/mol. The predicted molar refractivity (Wildman–Crippen MR) is 120 cm³/mol. The molecular weight excluding hydrogens is 470 g/mol. The molecule has 0 spiro atoms. The van der Waals surface area contributed by atoms with Crippen LogP contribution in [0.5, 0.6) is 0 Å². The van der Waals surface area contributed by atoms with Crippen molar-refractivity contribution in [1.29, 1.82) is 0 Å². The Morgan fingerprint density at radius 1 is 1.32 bits per heavy atom. The van der Waals surface area contributed by atoms with Gasteiger partial charge in [-0.05, 0) is 50.0 Å². The number of hydrogen-bond donors (Lipinski definition) is 1. The van der Waals surface area contributed by atoms with Crippen molar-refractivity contribution in [3.05, 3.63) is 33.8 Å². The maximum Gasteiger partial charge on any atom is 0.193 e. The van der Waals surface area contributed by atoms with Crippen molar-refractivity contribution in [1.82, 2.24) is 15.1 Å². The summed E-state index contributed by atoms with van der Waals surface area (Å²) in [6.45, 7) is 10.3. The van der Waals surface area contributed by atoms with E-state index in [0.29, 0.717) is 16.0 Å². The zero-order chi connectivity index (χ0) is 17.5. The smallest absolute Gasteiger partial charge is 0.193 e. The Hall–Kier alpha value is -0.240. The molecule has 0 aromatic heterocycles. The van der Waals surface area contributed by atoms with Gasteiger partial charge in [0.25, 0.3) is 0 Å². The summed E-state index contributed by atoms with van der Waals surface area (Å²) in [5.74, 6) is 1.61. The molecule has 0 radical (unpaired) electrons. The average Bonchev–Trinajstić information content (AvgIpc) is 3.03. The molecule has 2 rings (SSSR count). The van der Waals surface area contributed by atoms with E-state index in [1.54, 1.807) is 0 Å². The second-order valence-electron chi connectivity index (χ2n) is 6.35. The first-order valence-electron chi connectivity index (χ1n) is 8.69. The molecule has 1 atom stereocenters. The lowest BCUT2D eigenvalue weighted by Crippen LogP contribution is -2.39. The molecule has 1 aliphatic heterocycles. The van der Waals surface area contributed by atoms with Crippen LogP contribution in [0.3, 0.4) is 0 Å². The number of aliphatic imine (C=N–C) groups is 1. The molecule has 1 heterocycles. The number of hydrogen-bond acceptors (Lipinski definition) is 2. The molecule has 1 aliphatic rings. The number of likely N-dealkylation sites (tertiary alicyclic amines) is 1. The Kier molecular flexibility index (Phi) is 10.5. The predicted octanol–water partition coefficient (Wildman–Crippen LogP) is 4.35. The molecule has 0 amide bonds. The van der Waals surface area contributed by atoms with Crippen molar-refractivity contribution >= 4 is 53.1 Å². The second-order valence-corrected chi connectivity index (χ2v) is 7.16. The summed E-state index contributed by atoms with van der Waals surface area (Å²) in [6.07, 6.45) is 1.24. The lowest BCUT2D eigenvalue weighted by Gasteiger charge is -2.23. The molecule has 1 aromatic carbocycles. The normalized spacial score (nSPS) is 18.1. The van der Waals surface area contributed by atoms with Crippen molar-refractivity contribution < 1.29 is 0 Å². The Labute approximate surface area is 179 Å². The van der Waals surface area contributed by atoms with E-state index in [9.17, 15) is 0 Å². The van der Waals surface area contributed by atoms with Gasteiger partial charge in [0, 0.05) is 33.2 Å². The van der Waals surface area contributed by atoms with E-state index in [2.05, 4.69) is 36.0 Å². The van der Waals surface area contributed by atoms with E-state index in [1.807, 2.05) is 18.2 Å². The first kappa shape index (κ1) is 22.8. The highest BCUT2D eigenvalue weighted by Gasteiger charge is 2.21. The van der Waals surface area contributed by atoms with E-state index in [1.165, 1.54) is 13.0 Å². The first-order valence-corrected chi connectivity index (χ1v) is 9.44. The fraction of sp³-hybridized carbons (Fsp3) is 0.611. The molecule has 4 nitrogen and oxygen atoms in total. The molecule has 1 fully saturated rings. The third-order valence-corrected chi connectivity index (χ3v) is 5.16. The minimum absolute atomic E-state index is 0. The Morgan fingerprint density at radius 3 is 2.68 bits per heavy atom. The number of guanidine groups is 1. The summed E-state index contributed by atoms with van der Waals surface area (Å²) >= 11 is 12.1. The summed E-state index contributed by atoms with van der Waals surface area (Å²) in [5.41, 5.74) is 1.12. The zero-order valence-corrected chi connectivity index (χ0v) is 19.1. The quantitative estimate of drug-likeness (QED) is 0.359. The van der Waals surface area contributed by atoms with E-state index in [-0.39, 0.29) is 24.0 Å². The molecule has 1 aromatic rings. The minimum atomic E-state index is 0. The van der Waals surface area contributed by atoms with E-state index < -0.39 is 0 Å². The topological polar surface area (TPSA) is 30.9 Å². The van der Waals surface area contributed by atoms with Crippen LogP contribution in [-0.4, -0.2) is 55.5 Å². The van der Waals surface area contributed by atoms with Crippen LogP contribution in [0.25, 0.3) is 0 Å². The first-order chi connectivity index (χ1) is 11.5. The van der Waals surface area contributed by atoms with Gasteiger partial charge in [0.05, 0.1) is 10.0 Å². The van der Waals surface area contributed by atoms with Crippen molar-refractivity contribution in [2.24, 2.45) is 10.9 Å². The highest BCUT2D eigenvalue weighted by atomic mass is 127. The lowest BCUT2D eigenvalue weighted by atomic mass is 10.1. The summed E-state index contributed by atoms with van der Waals surface area (Å²) in [4.78, 5) is 9.47. The highest BCUT2D eigenvalue weighted by molar-refractivity contribution is 14.0. The molecule has 1 N–H and O–H groups in total. The van der Waals surface area contributed by atoms with Crippen LogP contribution in [0.15, 0.2) is 23.2 Å². The summed E-state index contributed by atoms with van der Waals surface area (Å²) < 4.78 is 0. The number of nitrogens with one attached hydrogen (secondary N) is 1. The summed E-state index contributed by atoms with van der Waals surface area (Å²) in [5, 5.41) is 4.56. The number of nitrogens with zero attached hydrogens (tertiary/aromatic N) is 3. The fourth-order valence-corrected chi connectivity index (χ4v) is 3.34. The number of halogens is 3. The zero-order valence-electron chi connectivity index (χ0n) is 15.3. The van der Waals surface area contributed by atoms with Gasteiger partial charge in [-0.1, -0.05) is 36.2 Å². The van der Waals surface area contributed by atoms with E-state index >= 15 is 0 Å². The number of benzene rings is 1.